The molecule has 0 aliphatic carbocycles. The molecule has 2 aromatic rings. The first-order valence-electron chi connectivity index (χ1n) is 5.64. The van der Waals surface area contributed by atoms with Crippen molar-refractivity contribution in [3.8, 4) is 5.88 Å². The molecule has 0 unspecified atom stereocenters. The van der Waals surface area contributed by atoms with E-state index in [1.54, 1.807) is 10.9 Å². The fourth-order valence-corrected chi connectivity index (χ4v) is 2.19. The zero-order valence-corrected chi connectivity index (χ0v) is 11.4. The van der Waals surface area contributed by atoms with E-state index in [2.05, 4.69) is 10.1 Å². The van der Waals surface area contributed by atoms with Gasteiger partial charge in [0.1, 0.15) is 5.03 Å². The van der Waals surface area contributed by atoms with Crippen LogP contribution >= 0.6 is 11.8 Å². The molecule has 0 spiro atoms. The summed E-state index contributed by atoms with van der Waals surface area (Å²) in [6.07, 6.45) is 3.79. The molecule has 2 rings (SSSR count). The number of aryl methyl sites for hydroxylation is 1. The molecule has 18 heavy (non-hydrogen) atoms. The molecule has 0 radical (unpaired) electrons. The minimum atomic E-state index is 0.0541. The van der Waals surface area contributed by atoms with Gasteiger partial charge in [0, 0.05) is 13.2 Å². The van der Waals surface area contributed by atoms with Gasteiger partial charge in [-0.2, -0.15) is 5.10 Å². The second kappa shape index (κ2) is 5.30. The molecular formula is C12H16N4OS. The van der Waals surface area contributed by atoms with Gasteiger partial charge in [0.2, 0.25) is 5.88 Å². The topological polar surface area (TPSA) is 66.0 Å². The number of ether oxygens (including phenoxy) is 1. The summed E-state index contributed by atoms with van der Waals surface area (Å²) in [5.41, 5.74) is 6.38. The van der Waals surface area contributed by atoms with Crippen LogP contribution in [0.15, 0.2) is 34.4 Å². The summed E-state index contributed by atoms with van der Waals surface area (Å²) in [7, 11) is 1.88. The van der Waals surface area contributed by atoms with Crippen molar-refractivity contribution in [3.05, 3.63) is 24.5 Å². The summed E-state index contributed by atoms with van der Waals surface area (Å²) in [5.74, 6) is 0.485. The van der Waals surface area contributed by atoms with E-state index in [0.717, 1.165) is 9.92 Å². The first-order chi connectivity index (χ1) is 8.54. The molecule has 0 aromatic carbocycles. The smallest absolute Gasteiger partial charge is 0.238 e. The minimum absolute atomic E-state index is 0.0541. The van der Waals surface area contributed by atoms with Crippen LogP contribution in [0.1, 0.15) is 13.8 Å². The van der Waals surface area contributed by atoms with Crippen LogP contribution in [0.2, 0.25) is 0 Å². The second-order valence-corrected chi connectivity index (χ2v) is 5.26. The summed E-state index contributed by atoms with van der Waals surface area (Å²) in [5, 5.41) is 4.95. The van der Waals surface area contributed by atoms with E-state index >= 15 is 0 Å². The third-order valence-corrected chi connectivity index (χ3v) is 3.00. The first-order valence-corrected chi connectivity index (χ1v) is 6.46. The van der Waals surface area contributed by atoms with Gasteiger partial charge in [-0.15, -0.1) is 0 Å². The quantitative estimate of drug-likeness (QED) is 0.918. The van der Waals surface area contributed by atoms with Gasteiger partial charge in [-0.05, 0) is 26.0 Å². The average molecular weight is 264 g/mol. The predicted octanol–water partition coefficient (Wildman–Crippen LogP) is 2.34. The van der Waals surface area contributed by atoms with Crippen LogP contribution in [-0.2, 0) is 7.05 Å². The lowest BCUT2D eigenvalue weighted by atomic mass is 10.4. The Balaban J connectivity index is 2.18. The number of rotatable bonds is 4. The Hall–Kier alpha value is -1.69. The normalized spacial score (nSPS) is 10.9. The summed E-state index contributed by atoms with van der Waals surface area (Å²) in [6.45, 7) is 3.89. The van der Waals surface area contributed by atoms with E-state index in [1.165, 1.54) is 11.8 Å². The molecule has 0 saturated carbocycles. The van der Waals surface area contributed by atoms with E-state index in [9.17, 15) is 0 Å². The molecule has 6 heteroatoms. The van der Waals surface area contributed by atoms with E-state index in [-0.39, 0.29) is 6.10 Å². The molecule has 96 valence electrons. The third-order valence-electron chi connectivity index (χ3n) is 2.12. The molecule has 5 nitrogen and oxygen atoms in total. The average Bonchev–Trinajstić information content (AvgIpc) is 2.68. The number of anilines is 1. The first kappa shape index (κ1) is 12.8. The largest absolute Gasteiger partial charge is 0.473 e. The molecule has 0 amide bonds. The van der Waals surface area contributed by atoms with Crippen LogP contribution in [0.4, 0.5) is 5.69 Å². The number of nitrogen functional groups attached to an aromatic ring is 1. The van der Waals surface area contributed by atoms with Crippen LogP contribution in [0.3, 0.4) is 0 Å². The van der Waals surface area contributed by atoms with Gasteiger partial charge in [0.25, 0.3) is 0 Å². The Morgan fingerprint density at radius 2 is 2.17 bits per heavy atom. The summed E-state index contributed by atoms with van der Waals surface area (Å²) < 4.78 is 7.31. The monoisotopic (exact) mass is 264 g/mol. The molecule has 0 bridgehead atoms. The van der Waals surface area contributed by atoms with Crippen molar-refractivity contribution < 1.29 is 4.74 Å². The SMILES string of the molecule is CC(C)Oc1nc(Sc2cnn(C)c2)ccc1N. The highest BCUT2D eigenvalue weighted by atomic mass is 32.2. The van der Waals surface area contributed by atoms with E-state index < -0.39 is 0 Å². The molecule has 0 aliphatic heterocycles. The lowest BCUT2D eigenvalue weighted by Gasteiger charge is -2.11. The molecule has 2 N–H and O–H groups in total. The standard InChI is InChI=1S/C12H16N4OS/c1-8(2)17-12-10(13)4-5-11(15-12)18-9-6-14-16(3)7-9/h4-8H,13H2,1-3H3. The number of nitrogens with two attached hydrogens (primary N) is 1. The summed E-state index contributed by atoms with van der Waals surface area (Å²) in [6, 6.07) is 3.68. The minimum Gasteiger partial charge on any atom is -0.473 e. The highest BCUT2D eigenvalue weighted by Crippen LogP contribution is 2.29. The van der Waals surface area contributed by atoms with Crippen LogP contribution in [-0.4, -0.2) is 20.9 Å². The predicted molar refractivity (Wildman–Crippen MR) is 71.7 cm³/mol. The van der Waals surface area contributed by atoms with Crippen LogP contribution in [0, 0.1) is 0 Å². The molecule has 2 heterocycles. The summed E-state index contributed by atoms with van der Waals surface area (Å²) in [4.78, 5) is 5.43. The maximum absolute atomic E-state index is 5.82. The van der Waals surface area contributed by atoms with Crippen molar-refractivity contribution in [2.45, 2.75) is 29.9 Å². The molecular weight excluding hydrogens is 248 g/mol. The van der Waals surface area contributed by atoms with Gasteiger partial charge in [-0.25, -0.2) is 4.98 Å². The number of aromatic nitrogens is 3. The van der Waals surface area contributed by atoms with Crippen LogP contribution in [0.5, 0.6) is 5.88 Å². The molecule has 0 atom stereocenters. The Morgan fingerprint density at radius 1 is 1.39 bits per heavy atom. The van der Waals surface area contributed by atoms with E-state index in [4.69, 9.17) is 10.5 Å². The zero-order valence-electron chi connectivity index (χ0n) is 10.6. The highest BCUT2D eigenvalue weighted by molar-refractivity contribution is 7.99. The maximum Gasteiger partial charge on any atom is 0.238 e. The van der Waals surface area contributed by atoms with Crippen molar-refractivity contribution in [1.29, 1.82) is 0 Å². The third kappa shape index (κ3) is 3.16. The number of hydrogen-bond acceptors (Lipinski definition) is 5. The van der Waals surface area contributed by atoms with Crippen LogP contribution in [0.25, 0.3) is 0 Å². The van der Waals surface area contributed by atoms with Gasteiger partial charge in [-0.1, -0.05) is 11.8 Å². The van der Waals surface area contributed by atoms with Gasteiger partial charge in [0.15, 0.2) is 0 Å². The van der Waals surface area contributed by atoms with Crippen molar-refractivity contribution in [2.75, 3.05) is 5.73 Å². The van der Waals surface area contributed by atoms with Gasteiger partial charge in [0.05, 0.1) is 22.9 Å². The fourth-order valence-electron chi connectivity index (χ4n) is 1.38. The van der Waals surface area contributed by atoms with E-state index in [1.807, 2.05) is 39.2 Å². The van der Waals surface area contributed by atoms with Crippen molar-refractivity contribution in [3.63, 3.8) is 0 Å². The maximum atomic E-state index is 5.82. The van der Waals surface area contributed by atoms with Gasteiger partial charge in [-0.3, -0.25) is 4.68 Å². The fraction of sp³-hybridized carbons (Fsp3) is 0.333. The van der Waals surface area contributed by atoms with Crippen molar-refractivity contribution in [2.24, 2.45) is 7.05 Å². The Labute approximate surface area is 110 Å². The lowest BCUT2D eigenvalue weighted by Crippen LogP contribution is -2.09. The lowest BCUT2D eigenvalue weighted by molar-refractivity contribution is 0.232. The molecule has 2 aromatic heterocycles. The Bertz CT molecular complexity index is 539. The number of nitrogens with zero attached hydrogens (tertiary/aromatic N) is 3. The Kier molecular flexibility index (Phi) is 3.76. The summed E-state index contributed by atoms with van der Waals surface area (Å²) >= 11 is 1.53. The van der Waals surface area contributed by atoms with Gasteiger partial charge < -0.3 is 10.5 Å². The van der Waals surface area contributed by atoms with Crippen molar-refractivity contribution in [1.82, 2.24) is 14.8 Å². The van der Waals surface area contributed by atoms with E-state index in [0.29, 0.717) is 11.6 Å². The van der Waals surface area contributed by atoms with Crippen LogP contribution < -0.4 is 10.5 Å². The Morgan fingerprint density at radius 3 is 2.78 bits per heavy atom. The molecule has 0 saturated heterocycles. The second-order valence-electron chi connectivity index (χ2n) is 4.16. The van der Waals surface area contributed by atoms with Gasteiger partial charge >= 0.3 is 0 Å². The van der Waals surface area contributed by atoms with Crippen molar-refractivity contribution >= 4 is 17.4 Å². The zero-order chi connectivity index (χ0) is 13.1. The number of hydrogen-bond donors (Lipinski definition) is 1. The number of pyridine rings is 1. The molecule has 0 aliphatic rings. The highest BCUT2D eigenvalue weighted by Gasteiger charge is 2.08. The molecule has 0 fully saturated rings.